The number of carbonyl (C=O) groups excluding carboxylic acids is 2. The van der Waals surface area contributed by atoms with Crippen molar-refractivity contribution in [3.63, 3.8) is 0 Å². The minimum Gasteiger partial charge on any atom is -0.481 e. The molecule has 0 spiro atoms. The molecule has 2 N–H and O–H groups in total. The van der Waals surface area contributed by atoms with Gasteiger partial charge < -0.3 is 20.1 Å². The zero-order valence-electron chi connectivity index (χ0n) is 20.1. The summed E-state index contributed by atoms with van der Waals surface area (Å²) in [4.78, 5) is 39.3. The van der Waals surface area contributed by atoms with Crippen molar-refractivity contribution < 1.29 is 24.2 Å². The van der Waals surface area contributed by atoms with Gasteiger partial charge in [-0.2, -0.15) is 0 Å². The number of nitrogens with one attached hydrogen (secondary N) is 1. The van der Waals surface area contributed by atoms with E-state index in [1.165, 1.54) is 11.1 Å². The molecule has 2 fully saturated rings. The smallest absolute Gasteiger partial charge is 0.407 e. The highest BCUT2D eigenvalue weighted by molar-refractivity contribution is 5.82. The van der Waals surface area contributed by atoms with E-state index in [-0.39, 0.29) is 48.9 Å². The van der Waals surface area contributed by atoms with Crippen LogP contribution in [0.5, 0.6) is 0 Å². The number of carboxylic acid groups (broad SMARTS) is 1. The second-order valence-corrected chi connectivity index (χ2v) is 10.3. The zero-order chi connectivity index (χ0) is 24.7. The number of benzene rings is 2. The third kappa shape index (κ3) is 4.28. The van der Waals surface area contributed by atoms with Crippen molar-refractivity contribution in [3.05, 3.63) is 59.7 Å². The molecular formula is C28H32N2O5. The average molecular weight is 477 g/mol. The van der Waals surface area contributed by atoms with Gasteiger partial charge in [-0.25, -0.2) is 4.79 Å². The third-order valence-corrected chi connectivity index (χ3v) is 7.99. The summed E-state index contributed by atoms with van der Waals surface area (Å²) < 4.78 is 5.68. The van der Waals surface area contributed by atoms with Gasteiger partial charge in [-0.15, -0.1) is 0 Å². The summed E-state index contributed by atoms with van der Waals surface area (Å²) >= 11 is 0. The first-order chi connectivity index (χ1) is 16.8. The Morgan fingerprint density at radius 1 is 1.03 bits per heavy atom. The van der Waals surface area contributed by atoms with Crippen LogP contribution in [0.3, 0.4) is 0 Å². The molecule has 3 aliphatic rings. The monoisotopic (exact) mass is 476 g/mol. The molecular weight excluding hydrogens is 444 g/mol. The molecule has 2 aliphatic heterocycles. The summed E-state index contributed by atoms with van der Waals surface area (Å²) in [5.74, 6) is -1.40. The maximum atomic E-state index is 13.2. The molecule has 4 unspecified atom stereocenters. The van der Waals surface area contributed by atoms with Crippen LogP contribution >= 0.6 is 0 Å². The first-order valence-corrected chi connectivity index (χ1v) is 12.5. The van der Waals surface area contributed by atoms with Gasteiger partial charge >= 0.3 is 12.1 Å². The van der Waals surface area contributed by atoms with Crippen LogP contribution in [-0.2, 0) is 14.3 Å². The van der Waals surface area contributed by atoms with Crippen molar-refractivity contribution in [2.24, 2.45) is 11.8 Å². The molecule has 2 aromatic carbocycles. The second kappa shape index (κ2) is 9.36. The van der Waals surface area contributed by atoms with Gasteiger partial charge in [0.2, 0.25) is 5.91 Å². The highest BCUT2D eigenvalue weighted by atomic mass is 16.5. The Balaban J connectivity index is 1.21. The van der Waals surface area contributed by atoms with E-state index in [0.29, 0.717) is 6.42 Å². The number of amides is 2. The lowest BCUT2D eigenvalue weighted by Gasteiger charge is -2.28. The second-order valence-electron chi connectivity index (χ2n) is 10.3. The van der Waals surface area contributed by atoms with Gasteiger partial charge in [-0.05, 0) is 47.4 Å². The number of hydrogen-bond acceptors (Lipinski definition) is 4. The van der Waals surface area contributed by atoms with Crippen LogP contribution in [0.1, 0.15) is 56.6 Å². The van der Waals surface area contributed by atoms with E-state index in [0.717, 1.165) is 24.0 Å². The van der Waals surface area contributed by atoms with Gasteiger partial charge in [0, 0.05) is 30.5 Å². The summed E-state index contributed by atoms with van der Waals surface area (Å²) in [7, 11) is 0. The first kappa shape index (κ1) is 23.4. The average Bonchev–Trinajstić information content (AvgIpc) is 3.52. The molecule has 2 aromatic rings. The molecule has 7 heteroatoms. The highest BCUT2D eigenvalue weighted by Gasteiger charge is 2.51. The topological polar surface area (TPSA) is 95.9 Å². The van der Waals surface area contributed by atoms with E-state index < -0.39 is 18.0 Å². The van der Waals surface area contributed by atoms with E-state index in [1.807, 2.05) is 38.1 Å². The molecule has 184 valence electrons. The quantitative estimate of drug-likeness (QED) is 0.617. The number of nitrogens with zero attached hydrogens (tertiary/aromatic N) is 1. The number of fused-ring (bicyclic) bond motifs is 5. The van der Waals surface area contributed by atoms with E-state index in [4.69, 9.17) is 4.74 Å². The fourth-order valence-electron chi connectivity index (χ4n) is 6.18. The summed E-state index contributed by atoms with van der Waals surface area (Å²) in [5, 5.41) is 12.4. The number of carboxylic acids is 1. The molecule has 2 heterocycles. The van der Waals surface area contributed by atoms with E-state index >= 15 is 0 Å². The molecule has 2 saturated heterocycles. The van der Waals surface area contributed by atoms with Crippen LogP contribution in [0.2, 0.25) is 0 Å². The maximum Gasteiger partial charge on any atom is 0.407 e. The Hall–Kier alpha value is -3.35. The van der Waals surface area contributed by atoms with Crippen LogP contribution in [0, 0.1) is 11.8 Å². The van der Waals surface area contributed by atoms with Crippen LogP contribution < -0.4 is 5.32 Å². The minimum absolute atomic E-state index is 0.00383. The summed E-state index contributed by atoms with van der Waals surface area (Å²) in [6, 6.07) is 15.7. The SMILES string of the molecule is CC(C)C(CC(=O)N1C2CCC1C(C(=O)O)C2)NC(=O)OCC1c2ccccc2-c2ccccc21. The standard InChI is InChI=1S/C28H32N2O5/c1-16(2)24(14-26(31)30-17-11-12-25(30)22(13-17)27(32)33)29-28(34)35-15-23-20-9-5-3-7-18(20)19-8-4-6-10-21(19)23/h3-10,16-17,22-25H,11-15H2,1-2H3,(H,29,34)(H,32,33). The predicted octanol–water partition coefficient (Wildman–Crippen LogP) is 4.40. The van der Waals surface area contributed by atoms with Crippen LogP contribution in [-0.4, -0.2) is 52.7 Å². The van der Waals surface area contributed by atoms with E-state index in [1.54, 1.807) is 4.90 Å². The molecule has 1 aliphatic carbocycles. The number of hydrogen-bond donors (Lipinski definition) is 2. The fourth-order valence-corrected chi connectivity index (χ4v) is 6.18. The summed E-state index contributed by atoms with van der Waals surface area (Å²) in [5.41, 5.74) is 4.63. The molecule has 0 saturated carbocycles. The maximum absolute atomic E-state index is 13.2. The van der Waals surface area contributed by atoms with Crippen molar-refractivity contribution in [2.45, 2.75) is 63.6 Å². The molecule has 0 aromatic heterocycles. The Morgan fingerprint density at radius 3 is 2.23 bits per heavy atom. The van der Waals surface area contributed by atoms with Crippen LogP contribution in [0.25, 0.3) is 11.1 Å². The largest absolute Gasteiger partial charge is 0.481 e. The molecule has 2 bridgehead atoms. The van der Waals surface area contributed by atoms with Gasteiger partial charge in [0.25, 0.3) is 0 Å². The van der Waals surface area contributed by atoms with Gasteiger partial charge in [0.05, 0.1) is 5.92 Å². The molecule has 35 heavy (non-hydrogen) atoms. The number of aliphatic carboxylic acids is 1. The Morgan fingerprint density at radius 2 is 1.66 bits per heavy atom. The zero-order valence-corrected chi connectivity index (χ0v) is 20.1. The van der Waals surface area contributed by atoms with Crippen molar-refractivity contribution in [1.82, 2.24) is 10.2 Å². The van der Waals surface area contributed by atoms with Gasteiger partial charge in [-0.1, -0.05) is 62.4 Å². The number of ether oxygens (including phenoxy) is 1. The lowest BCUT2D eigenvalue weighted by molar-refractivity contribution is -0.143. The molecule has 5 rings (SSSR count). The molecule has 7 nitrogen and oxygen atoms in total. The third-order valence-electron chi connectivity index (χ3n) is 7.99. The lowest BCUT2D eigenvalue weighted by atomic mass is 9.89. The van der Waals surface area contributed by atoms with Gasteiger partial charge in [0.15, 0.2) is 0 Å². The van der Waals surface area contributed by atoms with Crippen LogP contribution in [0.4, 0.5) is 4.79 Å². The summed E-state index contributed by atoms with van der Waals surface area (Å²) in [6.45, 7) is 4.13. The number of rotatable bonds is 7. The fraction of sp³-hybridized carbons (Fsp3) is 0.464. The lowest BCUT2D eigenvalue weighted by Crippen LogP contribution is -2.45. The minimum atomic E-state index is -0.827. The normalized spacial score (nSPS) is 23.2. The Bertz CT molecular complexity index is 1100. The highest BCUT2D eigenvalue weighted by Crippen LogP contribution is 2.45. The van der Waals surface area contributed by atoms with Crippen molar-refractivity contribution in [2.75, 3.05) is 6.61 Å². The number of alkyl carbamates (subject to hydrolysis) is 1. The molecule has 2 amide bonds. The Labute approximate surface area is 205 Å². The van der Waals surface area contributed by atoms with Gasteiger partial charge in [0.1, 0.15) is 6.61 Å². The predicted molar refractivity (Wildman–Crippen MR) is 131 cm³/mol. The Kier molecular flexibility index (Phi) is 6.26. The molecule has 4 atom stereocenters. The van der Waals surface area contributed by atoms with Crippen molar-refractivity contribution >= 4 is 18.0 Å². The van der Waals surface area contributed by atoms with Crippen molar-refractivity contribution in [1.29, 1.82) is 0 Å². The number of carbonyl (C=O) groups is 3. The van der Waals surface area contributed by atoms with Crippen molar-refractivity contribution in [3.8, 4) is 11.1 Å². The summed E-state index contributed by atoms with van der Waals surface area (Å²) in [6.07, 6.45) is 1.72. The van der Waals surface area contributed by atoms with E-state index in [2.05, 4.69) is 29.6 Å². The molecule has 0 radical (unpaired) electrons. The van der Waals surface area contributed by atoms with Gasteiger partial charge in [-0.3, -0.25) is 9.59 Å². The van der Waals surface area contributed by atoms with E-state index in [9.17, 15) is 19.5 Å². The first-order valence-electron chi connectivity index (χ1n) is 12.5. The van der Waals surface area contributed by atoms with Crippen LogP contribution in [0.15, 0.2) is 48.5 Å².